The second-order valence-corrected chi connectivity index (χ2v) is 4.09. The maximum atomic E-state index is 7.50. The summed E-state index contributed by atoms with van der Waals surface area (Å²) in [6.45, 7) is 22.5. The summed E-state index contributed by atoms with van der Waals surface area (Å²) in [7, 11) is 0. The van der Waals surface area contributed by atoms with Crippen molar-refractivity contribution in [3.63, 3.8) is 0 Å². The molecule has 0 N–H and O–H groups in total. The Labute approximate surface area is 117 Å². The predicted octanol–water partition coefficient (Wildman–Crippen LogP) is 1.53. The van der Waals surface area contributed by atoms with Crippen LogP contribution >= 0.6 is 6.21 Å². The van der Waals surface area contributed by atoms with Crippen molar-refractivity contribution in [1.82, 2.24) is 0 Å². The van der Waals surface area contributed by atoms with Gasteiger partial charge in [0.15, 0.2) is 0 Å². The molecule has 0 saturated heterocycles. The third-order valence-electron chi connectivity index (χ3n) is 0.862. The first-order valence-corrected chi connectivity index (χ1v) is 8.09. The van der Waals surface area contributed by atoms with Crippen LogP contribution in [0, 0.1) is 33.3 Å². The molecule has 0 spiro atoms. The summed E-state index contributed by atoms with van der Waals surface area (Å²) in [6, 6.07) is 10.5. The average Bonchev–Trinajstić information content (AvgIpc) is 2.57. The summed E-state index contributed by atoms with van der Waals surface area (Å²) in [6.07, 6.45) is 1.43. The van der Waals surface area contributed by atoms with E-state index in [-0.39, 0.29) is 0 Å². The summed E-state index contributed by atoms with van der Waals surface area (Å²) in [5.41, 5.74) is 0. The van der Waals surface area contributed by atoms with E-state index in [0.29, 0.717) is 0 Å². The molecule has 0 aliphatic heterocycles. The minimum absolute atomic E-state index is 1.42. The Morgan fingerprint density at radius 2 is 0.944 bits per heavy atom. The molecule has 7 heteroatoms. The third kappa shape index (κ3) is 36.3. The van der Waals surface area contributed by atoms with Crippen molar-refractivity contribution in [2.45, 2.75) is 0 Å². The van der Waals surface area contributed by atoms with Gasteiger partial charge in [-0.3, -0.25) is 0 Å². The van der Waals surface area contributed by atoms with E-state index in [1.54, 1.807) is 18.8 Å². The normalized spacial score (nSPS) is 4.78. The van der Waals surface area contributed by atoms with E-state index in [2.05, 4.69) is 57.5 Å². The van der Waals surface area contributed by atoms with E-state index < -0.39 is 0 Å². The second kappa shape index (κ2) is 56.5. The Morgan fingerprint density at radius 3 is 1.11 bits per heavy atom. The van der Waals surface area contributed by atoms with Crippen LogP contribution in [0.4, 0.5) is 0 Å². The molecule has 0 radical (unpaired) electrons. The molecule has 0 atom stereocenters. The van der Waals surface area contributed by atoms with Gasteiger partial charge in [0.05, 0.1) is 0 Å². The Bertz CT molecular complexity index is 318. The van der Waals surface area contributed by atoms with Crippen LogP contribution in [0.1, 0.15) is 0 Å². The fourth-order valence-corrected chi connectivity index (χ4v) is 2.09. The molecule has 5 nitrogen and oxygen atoms in total. The third-order valence-corrected chi connectivity index (χ3v) is 3.64. The molecule has 0 heterocycles. The van der Waals surface area contributed by atoms with Crippen molar-refractivity contribution >= 4 is 11.5 Å². The molecule has 90 valence electrons. The molecule has 0 bridgehead atoms. The van der Waals surface area contributed by atoms with Crippen LogP contribution in [0.5, 0.6) is 0 Å². The first kappa shape index (κ1) is 30.2. The van der Waals surface area contributed by atoms with E-state index in [9.17, 15) is 0 Å². The fraction of sp³-hybridized carbons (Fsp3) is 0. The average molecular weight is 432 g/mol. The molecular weight excluding hydrogens is 427 g/mol. The zero-order chi connectivity index (χ0) is 15.8. The first-order chi connectivity index (χ1) is 8.93. The van der Waals surface area contributed by atoms with Gasteiger partial charge in [-0.25, -0.2) is 0 Å². The molecule has 1 aromatic rings. The van der Waals surface area contributed by atoms with Crippen LogP contribution in [-0.4, -0.2) is 0 Å². The number of hydrogen-bond donors (Lipinski definition) is 0. The molecule has 18 heavy (non-hydrogen) atoms. The summed E-state index contributed by atoms with van der Waals surface area (Å²) in [5.74, 6) is 0. The van der Waals surface area contributed by atoms with Crippen LogP contribution in [0.15, 0.2) is 30.3 Å². The van der Waals surface area contributed by atoms with Gasteiger partial charge in [0.1, 0.15) is 0 Å². The summed E-state index contributed by atoms with van der Waals surface area (Å²) < 4.78 is 37.5. The minimum atomic E-state index is 1.42. The van der Waals surface area contributed by atoms with Crippen LogP contribution in [0.25, 0.3) is 0 Å². The Morgan fingerprint density at radius 1 is 0.667 bits per heavy atom. The van der Waals surface area contributed by atoms with E-state index in [1.807, 2.05) is 6.07 Å². The van der Waals surface area contributed by atoms with Crippen LogP contribution in [0.2, 0.25) is 0 Å². The molecule has 1 rings (SSSR count). The molecule has 0 aliphatic rings. The zero-order valence-electron chi connectivity index (χ0n) is 8.78. The number of hydrogen-bond acceptors (Lipinski definition) is 0. The quantitative estimate of drug-likeness (QED) is 0.366. The van der Waals surface area contributed by atoms with Gasteiger partial charge < -0.3 is 0 Å². The van der Waals surface area contributed by atoms with E-state index in [0.717, 1.165) is 0 Å². The van der Waals surface area contributed by atoms with Gasteiger partial charge in [0, 0.05) is 0 Å². The molecular formula is C11H5O5PW. The van der Waals surface area contributed by atoms with Gasteiger partial charge in [-0.05, 0) is 0 Å². The standard InChI is InChI=1S/C6H5P.5CO.W/c7-6-4-2-1-3-5-6;5*1-2;/h1-5H;;;;;;. The first-order valence-electron chi connectivity index (χ1n) is 3.34. The second-order valence-electron chi connectivity index (χ2n) is 1.43. The van der Waals surface area contributed by atoms with Crippen molar-refractivity contribution in [1.29, 1.82) is 0 Å². The Hall–Kier alpha value is -1.09. The molecule has 0 amide bonds. The predicted molar refractivity (Wildman–Crippen MR) is 52.6 cm³/mol. The van der Waals surface area contributed by atoms with Gasteiger partial charge >= 0.3 is 117 Å². The zero-order valence-corrected chi connectivity index (χ0v) is 12.6. The van der Waals surface area contributed by atoms with Gasteiger partial charge in [0.2, 0.25) is 0 Å². The maximum absolute atomic E-state index is 7.50. The van der Waals surface area contributed by atoms with Gasteiger partial charge in [-0.15, -0.1) is 0 Å². The summed E-state index contributed by atoms with van der Waals surface area (Å²) >= 11 is 1.60. The van der Waals surface area contributed by atoms with Crippen LogP contribution in [-0.2, 0) is 42.1 Å². The van der Waals surface area contributed by atoms with E-state index >= 15 is 0 Å². The van der Waals surface area contributed by atoms with Crippen LogP contribution < -0.4 is 5.30 Å². The Kier molecular flexibility index (Phi) is 94.8. The van der Waals surface area contributed by atoms with Gasteiger partial charge in [-0.1, -0.05) is 0 Å². The van der Waals surface area contributed by atoms with Crippen LogP contribution in [0.3, 0.4) is 0 Å². The SMILES string of the molecule is [C-]#[O+].[C-]#[O+].[C-]#[O+].[C-]#[O+].[C-]#[O+].[W]=[P]c1ccccc1. The summed E-state index contributed by atoms with van der Waals surface area (Å²) in [5, 5.41) is 1.42. The topological polar surface area (TPSA) is 99.5 Å². The monoisotopic (exact) mass is 432 g/mol. The molecule has 0 unspecified atom stereocenters. The number of benzene rings is 1. The fourth-order valence-electron chi connectivity index (χ4n) is 0.489. The van der Waals surface area contributed by atoms with Gasteiger partial charge in [0.25, 0.3) is 0 Å². The van der Waals surface area contributed by atoms with Crippen molar-refractivity contribution < 1.29 is 42.1 Å². The molecule has 0 aliphatic carbocycles. The summed E-state index contributed by atoms with van der Waals surface area (Å²) in [4.78, 5) is 0. The van der Waals surface area contributed by atoms with E-state index in [4.69, 9.17) is 23.3 Å². The Balaban J connectivity index is -0.0000000482. The molecule has 0 fully saturated rings. The van der Waals surface area contributed by atoms with Crippen molar-refractivity contribution in [3.8, 4) is 0 Å². The molecule has 1 aromatic carbocycles. The van der Waals surface area contributed by atoms with E-state index in [1.165, 1.54) is 11.5 Å². The molecule has 0 saturated carbocycles. The van der Waals surface area contributed by atoms with Crippen molar-refractivity contribution in [3.05, 3.63) is 63.6 Å². The number of rotatable bonds is 1. The van der Waals surface area contributed by atoms with Gasteiger partial charge in [-0.2, -0.15) is 0 Å². The van der Waals surface area contributed by atoms with Crippen molar-refractivity contribution in [2.75, 3.05) is 0 Å². The van der Waals surface area contributed by atoms with Crippen molar-refractivity contribution in [2.24, 2.45) is 0 Å². The molecule has 0 aromatic heterocycles.